The van der Waals surface area contributed by atoms with Gasteiger partial charge in [-0.1, -0.05) is 81.6 Å². The van der Waals surface area contributed by atoms with Gasteiger partial charge < -0.3 is 9.84 Å². The van der Waals surface area contributed by atoms with Gasteiger partial charge in [-0.05, 0) is 75.0 Å². The number of carbonyl (C=O) groups excluding carboxylic acids is 3. The molecular formula is C35H58O5. The lowest BCUT2D eigenvalue weighted by atomic mass is 9.38. The maximum Gasteiger partial charge on any atom is 0.183 e. The van der Waals surface area contributed by atoms with Gasteiger partial charge in [-0.25, -0.2) is 0 Å². The summed E-state index contributed by atoms with van der Waals surface area (Å²) in [5, 5.41) is 11.1. The summed E-state index contributed by atoms with van der Waals surface area (Å²) in [7, 11) is 0. The lowest BCUT2D eigenvalue weighted by molar-refractivity contribution is -0.179. The largest absolute Gasteiger partial charge is 0.490 e. The predicted molar refractivity (Wildman–Crippen MR) is 161 cm³/mol. The van der Waals surface area contributed by atoms with Gasteiger partial charge in [0.05, 0.1) is 11.0 Å². The molecule has 2 fully saturated rings. The van der Waals surface area contributed by atoms with Gasteiger partial charge in [-0.2, -0.15) is 0 Å². The molecule has 2 aliphatic carbocycles. The molecule has 3 aliphatic rings. The van der Waals surface area contributed by atoms with Gasteiger partial charge in [0.25, 0.3) is 0 Å². The van der Waals surface area contributed by atoms with Crippen LogP contribution in [0.3, 0.4) is 0 Å². The molecule has 1 N–H and O–H groups in total. The molecule has 1 aliphatic heterocycles. The summed E-state index contributed by atoms with van der Waals surface area (Å²) in [5.74, 6) is 0.669. The van der Waals surface area contributed by atoms with Crippen molar-refractivity contribution in [1.82, 2.24) is 0 Å². The Morgan fingerprint density at radius 3 is 2.02 bits per heavy atom. The molecule has 0 aromatic rings. The maximum atomic E-state index is 15.2. The fourth-order valence-corrected chi connectivity index (χ4v) is 8.01. The Morgan fingerprint density at radius 1 is 0.950 bits per heavy atom. The van der Waals surface area contributed by atoms with E-state index in [1.165, 1.54) is 0 Å². The first-order chi connectivity index (χ1) is 18.4. The highest BCUT2D eigenvalue weighted by atomic mass is 16.5. The van der Waals surface area contributed by atoms with Crippen molar-refractivity contribution in [2.75, 3.05) is 0 Å². The molecule has 5 heteroatoms. The third kappa shape index (κ3) is 5.38. The van der Waals surface area contributed by atoms with Gasteiger partial charge in [-0.3, -0.25) is 14.4 Å². The van der Waals surface area contributed by atoms with E-state index in [1.54, 1.807) is 13.8 Å². The summed E-state index contributed by atoms with van der Waals surface area (Å²) in [6.07, 6.45) is 5.99. The number of Topliss-reactive ketones (excluding diaryl/α,β-unsaturated/α-hetero) is 3. The van der Waals surface area contributed by atoms with E-state index in [0.717, 1.165) is 32.1 Å². The highest BCUT2D eigenvalue weighted by Crippen LogP contribution is 2.70. The second-order valence-electron chi connectivity index (χ2n) is 15.8. The van der Waals surface area contributed by atoms with E-state index in [9.17, 15) is 9.90 Å². The number of rotatable bonds is 13. The van der Waals surface area contributed by atoms with Gasteiger partial charge in [0.1, 0.15) is 11.9 Å². The van der Waals surface area contributed by atoms with Crippen molar-refractivity contribution in [2.45, 2.75) is 146 Å². The Bertz CT molecular complexity index is 1010. The van der Waals surface area contributed by atoms with Crippen LogP contribution in [0.1, 0.15) is 134 Å². The van der Waals surface area contributed by atoms with Crippen LogP contribution >= 0.6 is 0 Å². The van der Waals surface area contributed by atoms with Crippen molar-refractivity contribution in [3.8, 4) is 0 Å². The van der Waals surface area contributed by atoms with Crippen molar-refractivity contribution < 1.29 is 24.2 Å². The van der Waals surface area contributed by atoms with Gasteiger partial charge >= 0.3 is 0 Å². The topological polar surface area (TPSA) is 80.7 Å². The van der Waals surface area contributed by atoms with Gasteiger partial charge in [0.15, 0.2) is 22.8 Å². The Hall–Kier alpha value is -1.49. The van der Waals surface area contributed by atoms with Gasteiger partial charge in [0, 0.05) is 17.9 Å². The minimum absolute atomic E-state index is 0.0252. The molecule has 3 rings (SSSR count). The van der Waals surface area contributed by atoms with Crippen LogP contribution < -0.4 is 0 Å². The lowest BCUT2D eigenvalue weighted by Crippen LogP contribution is -2.70. The molecule has 1 saturated carbocycles. The monoisotopic (exact) mass is 558 g/mol. The summed E-state index contributed by atoms with van der Waals surface area (Å²) in [4.78, 5) is 44.9. The van der Waals surface area contributed by atoms with Crippen LogP contribution in [0.25, 0.3) is 0 Å². The van der Waals surface area contributed by atoms with Crippen LogP contribution in [0.15, 0.2) is 11.3 Å². The second-order valence-corrected chi connectivity index (χ2v) is 15.8. The highest BCUT2D eigenvalue weighted by molar-refractivity contribution is 6.33. The standard InChI is InChI=1S/C35H58O5/c1-21(2)13-12-18-33(11)25(16-14-22(3)4)19-34-20-27(32(9,10)39)40-30(34)26(17-15-23(5)6)29(37)35(33,31(34)38)28(36)24(7)8/h21-25,27,39H,12-20H2,1-11H3/t25-,27+,33+,34?,35?/m0/s1. The number of allylic oxidation sites excluding steroid dienone is 2. The van der Waals surface area contributed by atoms with Crippen molar-refractivity contribution in [3.63, 3.8) is 0 Å². The quantitative estimate of drug-likeness (QED) is 0.233. The molecule has 40 heavy (non-hydrogen) atoms. The number of fused-ring (bicyclic) bond motifs is 1. The molecule has 5 nitrogen and oxygen atoms in total. The second kappa shape index (κ2) is 11.7. The number of carbonyl (C=O) groups is 3. The smallest absolute Gasteiger partial charge is 0.183 e. The van der Waals surface area contributed by atoms with E-state index in [2.05, 4.69) is 48.5 Å². The molecule has 1 heterocycles. The normalized spacial score (nSPS) is 32.5. The zero-order valence-electron chi connectivity index (χ0n) is 27.4. The molecule has 1 spiro atoms. The van der Waals surface area contributed by atoms with Crippen molar-refractivity contribution in [2.24, 2.45) is 45.8 Å². The summed E-state index contributed by atoms with van der Waals surface area (Å²) >= 11 is 0. The molecule has 228 valence electrons. The highest BCUT2D eigenvalue weighted by Gasteiger charge is 2.78. The van der Waals surface area contributed by atoms with Crippen LogP contribution in [0, 0.1) is 45.8 Å². The van der Waals surface area contributed by atoms with E-state index in [0.29, 0.717) is 54.8 Å². The van der Waals surface area contributed by atoms with Crippen LogP contribution in [0.5, 0.6) is 0 Å². The zero-order chi connectivity index (χ0) is 30.4. The number of ether oxygens (including phenoxy) is 1. The predicted octanol–water partition coefficient (Wildman–Crippen LogP) is 7.87. The van der Waals surface area contributed by atoms with Crippen molar-refractivity contribution >= 4 is 17.3 Å². The third-order valence-electron chi connectivity index (χ3n) is 10.5. The maximum absolute atomic E-state index is 15.2. The summed E-state index contributed by atoms with van der Waals surface area (Å²) in [5.41, 5.74) is -4.13. The minimum atomic E-state index is -1.70. The van der Waals surface area contributed by atoms with E-state index in [4.69, 9.17) is 4.74 Å². The third-order valence-corrected chi connectivity index (χ3v) is 10.5. The van der Waals surface area contributed by atoms with Crippen LogP contribution in [0.2, 0.25) is 0 Å². The van der Waals surface area contributed by atoms with Crippen LogP contribution in [0.4, 0.5) is 0 Å². The first-order valence-corrected chi connectivity index (χ1v) is 16.1. The minimum Gasteiger partial charge on any atom is -0.490 e. The summed E-state index contributed by atoms with van der Waals surface area (Å²) in [6.45, 7) is 22.3. The number of hydrogen-bond acceptors (Lipinski definition) is 5. The fraction of sp³-hybridized carbons (Fsp3) is 0.857. The molecule has 0 aromatic heterocycles. The zero-order valence-corrected chi connectivity index (χ0v) is 27.4. The Morgan fingerprint density at radius 2 is 1.52 bits per heavy atom. The number of aliphatic hydroxyl groups is 1. The summed E-state index contributed by atoms with van der Waals surface area (Å²) < 4.78 is 6.51. The fourth-order valence-electron chi connectivity index (χ4n) is 8.01. The molecule has 0 aromatic carbocycles. The molecule has 0 radical (unpaired) electrons. The SMILES string of the molecule is CC(C)CCC[C@]1(C)[C@@H](CCC(C)C)CC23C[C@H](C(C)(C)O)OC2=C(CCC(C)C)C(=O)C1(C(=O)C(C)C)C3=O. The van der Waals surface area contributed by atoms with E-state index in [1.807, 2.05) is 13.8 Å². The Kier molecular flexibility index (Phi) is 9.62. The molecule has 1 saturated heterocycles. The average molecular weight is 559 g/mol. The van der Waals surface area contributed by atoms with E-state index >= 15 is 9.59 Å². The molecule has 2 unspecified atom stereocenters. The molecule has 5 atom stereocenters. The first-order valence-electron chi connectivity index (χ1n) is 16.1. The summed E-state index contributed by atoms with van der Waals surface area (Å²) in [6, 6.07) is 0. The van der Waals surface area contributed by atoms with Gasteiger partial charge in [-0.15, -0.1) is 0 Å². The number of ketones is 3. The van der Waals surface area contributed by atoms with Gasteiger partial charge in [0.2, 0.25) is 0 Å². The Balaban J connectivity index is 2.37. The number of hydrogen-bond donors (Lipinski definition) is 1. The van der Waals surface area contributed by atoms with E-state index in [-0.39, 0.29) is 23.3 Å². The molecular weight excluding hydrogens is 500 g/mol. The lowest BCUT2D eigenvalue weighted by Gasteiger charge is -2.60. The molecule has 2 bridgehead atoms. The van der Waals surface area contributed by atoms with E-state index < -0.39 is 33.9 Å². The van der Waals surface area contributed by atoms with Crippen LogP contribution in [-0.2, 0) is 19.1 Å². The molecule has 0 amide bonds. The van der Waals surface area contributed by atoms with Crippen LogP contribution in [-0.4, -0.2) is 34.2 Å². The van der Waals surface area contributed by atoms with Crippen molar-refractivity contribution in [1.29, 1.82) is 0 Å². The average Bonchev–Trinajstić information content (AvgIpc) is 3.21. The Labute approximate surface area is 244 Å². The first kappa shape index (κ1) is 33.0. The van der Waals surface area contributed by atoms with Crippen molar-refractivity contribution in [3.05, 3.63) is 11.3 Å².